The number of benzene rings is 3. The van der Waals surface area contributed by atoms with E-state index in [1.54, 1.807) is 49.5 Å². The average Bonchev–Trinajstić information content (AvgIpc) is 2.75. The molecular weight excluding hydrogens is 354 g/mol. The van der Waals surface area contributed by atoms with Crippen LogP contribution < -0.4 is 16.1 Å². The van der Waals surface area contributed by atoms with Crippen molar-refractivity contribution in [2.45, 2.75) is 0 Å². The van der Waals surface area contributed by atoms with Crippen LogP contribution in [0.15, 0.2) is 88.1 Å². The van der Waals surface area contributed by atoms with Crippen LogP contribution in [0.3, 0.4) is 0 Å². The van der Waals surface area contributed by atoms with E-state index >= 15 is 0 Å². The van der Waals surface area contributed by atoms with Crippen LogP contribution in [0.25, 0.3) is 22.4 Å². The zero-order valence-electron chi connectivity index (χ0n) is 15.1. The summed E-state index contributed by atoms with van der Waals surface area (Å²) >= 11 is 0. The lowest BCUT2D eigenvalue weighted by atomic mass is 10.1. The van der Waals surface area contributed by atoms with Crippen LogP contribution in [0, 0.1) is 0 Å². The Morgan fingerprint density at radius 3 is 2.32 bits per heavy atom. The summed E-state index contributed by atoms with van der Waals surface area (Å²) < 4.78 is 5.34. The number of nitrogens with one attached hydrogen (secondary N) is 1. The number of fused-ring (bicyclic) bond motifs is 1. The lowest BCUT2D eigenvalue weighted by molar-refractivity contribution is 0.0977. The van der Waals surface area contributed by atoms with Crippen molar-refractivity contribution in [2.24, 2.45) is 0 Å². The minimum atomic E-state index is -0.439. The predicted molar refractivity (Wildman–Crippen MR) is 108 cm³/mol. The van der Waals surface area contributed by atoms with Crippen molar-refractivity contribution < 1.29 is 9.21 Å². The second-order valence-corrected chi connectivity index (χ2v) is 6.10. The van der Waals surface area contributed by atoms with E-state index in [0.717, 1.165) is 5.69 Å². The lowest BCUT2D eigenvalue weighted by Crippen LogP contribution is -2.40. The first kappa shape index (κ1) is 17.6. The average molecular weight is 371 g/mol. The van der Waals surface area contributed by atoms with Gasteiger partial charge >= 0.3 is 5.63 Å². The summed E-state index contributed by atoms with van der Waals surface area (Å²) in [7, 11) is 1.69. The van der Waals surface area contributed by atoms with Crippen LogP contribution in [0.4, 0.5) is 5.69 Å². The first-order valence-electron chi connectivity index (χ1n) is 8.74. The third kappa shape index (κ3) is 3.28. The molecule has 1 aromatic heterocycles. The predicted octanol–water partition coefficient (Wildman–Crippen LogP) is 3.64. The zero-order valence-corrected chi connectivity index (χ0v) is 15.1. The van der Waals surface area contributed by atoms with Crippen molar-refractivity contribution in [2.75, 3.05) is 12.1 Å². The molecule has 138 valence electrons. The smallest absolute Gasteiger partial charge is 0.347 e. The number of carbonyl (C=O) groups is 1. The molecule has 0 unspecified atom stereocenters. The summed E-state index contributed by atoms with van der Waals surface area (Å²) in [6, 6.07) is 23.1. The molecule has 4 aromatic rings. The molecule has 0 aliphatic heterocycles. The van der Waals surface area contributed by atoms with Crippen molar-refractivity contribution in [1.29, 1.82) is 0 Å². The number of nitrogens with zero attached hydrogens (tertiary/aromatic N) is 2. The van der Waals surface area contributed by atoms with Crippen molar-refractivity contribution in [1.82, 2.24) is 10.4 Å². The largest absolute Gasteiger partial charge is 0.403 e. The maximum atomic E-state index is 12.8. The van der Waals surface area contributed by atoms with Gasteiger partial charge in [-0.3, -0.25) is 4.79 Å². The van der Waals surface area contributed by atoms with Crippen molar-refractivity contribution in [3.63, 3.8) is 0 Å². The first-order chi connectivity index (χ1) is 13.7. The van der Waals surface area contributed by atoms with Gasteiger partial charge in [-0.25, -0.2) is 20.2 Å². The van der Waals surface area contributed by atoms with Crippen LogP contribution in [-0.2, 0) is 0 Å². The first-order valence-corrected chi connectivity index (χ1v) is 8.74. The molecule has 0 aliphatic carbocycles. The fraction of sp³-hybridized carbons (Fsp3) is 0.0455. The normalized spacial score (nSPS) is 10.8. The van der Waals surface area contributed by atoms with Crippen LogP contribution in [0.5, 0.6) is 0 Å². The second-order valence-electron chi connectivity index (χ2n) is 6.10. The molecule has 28 heavy (non-hydrogen) atoms. The Kier molecular flexibility index (Phi) is 4.70. The van der Waals surface area contributed by atoms with Gasteiger partial charge in [-0.15, -0.1) is 0 Å². The Morgan fingerprint density at radius 2 is 1.61 bits per heavy atom. The van der Waals surface area contributed by atoms with Gasteiger partial charge in [-0.1, -0.05) is 30.3 Å². The van der Waals surface area contributed by atoms with Gasteiger partial charge in [0.2, 0.25) is 5.89 Å². The molecule has 0 radical (unpaired) electrons. The summed E-state index contributed by atoms with van der Waals surface area (Å²) in [4.78, 5) is 29.4. The summed E-state index contributed by atoms with van der Waals surface area (Å²) in [5.74, 6) is 0.0180. The Hall–Kier alpha value is -3.77. The van der Waals surface area contributed by atoms with Crippen molar-refractivity contribution in [3.05, 3.63) is 94.8 Å². The van der Waals surface area contributed by atoms with Crippen LogP contribution in [-0.4, -0.2) is 17.9 Å². The van der Waals surface area contributed by atoms with E-state index in [1.807, 2.05) is 36.4 Å². The molecule has 1 N–H and O–H groups in total. The number of hydrogen-bond acceptors (Lipinski definition) is 5. The van der Waals surface area contributed by atoms with Crippen LogP contribution in [0.2, 0.25) is 0 Å². The third-order valence-electron chi connectivity index (χ3n) is 4.36. The van der Waals surface area contributed by atoms with E-state index in [1.165, 1.54) is 5.01 Å². The number of hydrazine groups is 1. The minimum Gasteiger partial charge on any atom is -0.403 e. The van der Waals surface area contributed by atoms with Gasteiger partial charge in [-0.2, -0.15) is 0 Å². The minimum absolute atomic E-state index is 0.201. The van der Waals surface area contributed by atoms with Gasteiger partial charge in [0.15, 0.2) is 0 Å². The van der Waals surface area contributed by atoms with E-state index in [2.05, 4.69) is 10.4 Å². The molecule has 0 bridgehead atoms. The molecule has 1 amide bonds. The van der Waals surface area contributed by atoms with Gasteiger partial charge in [0, 0.05) is 18.2 Å². The Bertz CT molecular complexity index is 1190. The fourth-order valence-electron chi connectivity index (χ4n) is 2.95. The van der Waals surface area contributed by atoms with E-state index in [-0.39, 0.29) is 11.8 Å². The Morgan fingerprint density at radius 1 is 0.929 bits per heavy atom. The van der Waals surface area contributed by atoms with E-state index in [0.29, 0.717) is 22.0 Å². The standard InChI is InChI=1S/C22H17N3O3/c1-23-25(17-7-3-2-4-8-17)21(26)16-13-11-15(12-14-16)20-24-19-10-6-5-9-18(19)22(27)28-20/h2-14,23H,1H3. The maximum absolute atomic E-state index is 12.8. The van der Waals surface area contributed by atoms with Gasteiger partial charge in [0.05, 0.1) is 16.6 Å². The molecule has 0 aliphatic rings. The fourth-order valence-corrected chi connectivity index (χ4v) is 2.95. The maximum Gasteiger partial charge on any atom is 0.347 e. The highest BCUT2D eigenvalue weighted by Crippen LogP contribution is 2.21. The summed E-state index contributed by atoms with van der Waals surface area (Å²) in [6.07, 6.45) is 0. The number of para-hydroxylation sites is 2. The summed E-state index contributed by atoms with van der Waals surface area (Å²) in [6.45, 7) is 0. The summed E-state index contributed by atoms with van der Waals surface area (Å²) in [5.41, 5.74) is 4.88. The molecular formula is C22H17N3O3. The van der Waals surface area contributed by atoms with Crippen LogP contribution in [0.1, 0.15) is 10.4 Å². The SMILES string of the molecule is CNN(C(=O)c1ccc(-c2nc3ccccc3c(=O)o2)cc1)c1ccccc1. The number of hydrogen-bond donors (Lipinski definition) is 1. The number of anilines is 1. The molecule has 3 aromatic carbocycles. The van der Waals surface area contributed by atoms with E-state index < -0.39 is 5.63 Å². The number of amides is 1. The number of carbonyl (C=O) groups excluding carboxylic acids is 1. The van der Waals surface area contributed by atoms with Gasteiger partial charge in [0.25, 0.3) is 5.91 Å². The topological polar surface area (TPSA) is 75.4 Å². The third-order valence-corrected chi connectivity index (χ3v) is 4.36. The second kappa shape index (κ2) is 7.46. The molecule has 0 saturated heterocycles. The van der Waals surface area contributed by atoms with Crippen LogP contribution >= 0.6 is 0 Å². The number of aromatic nitrogens is 1. The Balaban J connectivity index is 1.66. The highest BCUT2D eigenvalue weighted by molar-refractivity contribution is 6.05. The van der Waals surface area contributed by atoms with Crippen molar-refractivity contribution >= 4 is 22.5 Å². The molecule has 0 atom stereocenters. The van der Waals surface area contributed by atoms with E-state index in [4.69, 9.17) is 4.42 Å². The Labute approximate surface area is 161 Å². The molecule has 6 nitrogen and oxygen atoms in total. The molecule has 6 heteroatoms. The number of rotatable bonds is 4. The van der Waals surface area contributed by atoms with Gasteiger partial charge in [-0.05, 0) is 48.5 Å². The summed E-state index contributed by atoms with van der Waals surface area (Å²) in [5, 5.41) is 1.90. The molecule has 0 spiro atoms. The highest BCUT2D eigenvalue weighted by Gasteiger charge is 2.17. The molecule has 0 fully saturated rings. The monoisotopic (exact) mass is 371 g/mol. The quantitative estimate of drug-likeness (QED) is 0.555. The van der Waals surface area contributed by atoms with Gasteiger partial charge in [0.1, 0.15) is 0 Å². The molecule has 4 rings (SSSR count). The highest BCUT2D eigenvalue weighted by atomic mass is 16.4. The van der Waals surface area contributed by atoms with Crippen molar-refractivity contribution in [3.8, 4) is 11.5 Å². The molecule has 0 saturated carbocycles. The van der Waals surface area contributed by atoms with E-state index in [9.17, 15) is 9.59 Å². The van der Waals surface area contributed by atoms with Gasteiger partial charge < -0.3 is 4.42 Å². The molecule has 1 heterocycles. The lowest BCUT2D eigenvalue weighted by Gasteiger charge is -2.21. The zero-order chi connectivity index (χ0) is 19.5.